The highest BCUT2D eigenvalue weighted by molar-refractivity contribution is 5.85. The maximum atomic E-state index is 13.3. The number of alkyl halides is 6. The van der Waals surface area contributed by atoms with Crippen LogP contribution in [0.1, 0.15) is 18.2 Å². The third-order valence-corrected chi connectivity index (χ3v) is 4.77. The maximum Gasteiger partial charge on any atom is 0.435 e. The fourth-order valence-corrected chi connectivity index (χ4v) is 3.12. The monoisotopic (exact) mass is 518 g/mol. The quantitative estimate of drug-likeness (QED) is 0.286. The second-order valence-corrected chi connectivity index (χ2v) is 7.30. The molecule has 8 nitrogen and oxygen atoms in total. The van der Waals surface area contributed by atoms with Crippen LogP contribution in [0.3, 0.4) is 0 Å². The summed E-state index contributed by atoms with van der Waals surface area (Å²) in [6, 6.07) is 3.85. The zero-order valence-electron chi connectivity index (χ0n) is 18.6. The predicted octanol–water partition coefficient (Wildman–Crippen LogP) is 4.41. The Bertz CT molecular complexity index is 1210. The fraction of sp³-hybridized carbons (Fsp3) is 0.318. The molecule has 0 fully saturated rings. The van der Waals surface area contributed by atoms with E-state index >= 15 is 0 Å². The fourth-order valence-electron chi connectivity index (χ4n) is 3.12. The molecule has 2 heterocycles. The Morgan fingerprint density at radius 1 is 1.11 bits per heavy atom. The molecule has 194 valence electrons. The van der Waals surface area contributed by atoms with E-state index < -0.39 is 35.3 Å². The lowest BCUT2D eigenvalue weighted by Crippen LogP contribution is -2.31. The second-order valence-electron chi connectivity index (χ2n) is 7.30. The van der Waals surface area contributed by atoms with Gasteiger partial charge in [-0.05, 0) is 31.2 Å². The van der Waals surface area contributed by atoms with E-state index in [0.717, 1.165) is 12.3 Å². The van der Waals surface area contributed by atoms with Crippen LogP contribution in [-0.2, 0) is 21.9 Å². The zero-order chi connectivity index (χ0) is 26.5. The van der Waals surface area contributed by atoms with Crippen molar-refractivity contribution in [2.75, 3.05) is 26.4 Å². The minimum absolute atomic E-state index is 0.00416. The van der Waals surface area contributed by atoms with E-state index in [9.17, 15) is 36.2 Å². The molecule has 3 aromatic rings. The molecule has 0 aliphatic carbocycles. The molecule has 0 saturated carbocycles. The van der Waals surface area contributed by atoms with Gasteiger partial charge in [0.2, 0.25) is 5.91 Å². The number of H-pyrrole nitrogens is 1. The summed E-state index contributed by atoms with van der Waals surface area (Å²) in [5.74, 6) is -1.17. The molecule has 0 unspecified atom stereocenters. The lowest BCUT2D eigenvalue weighted by Gasteiger charge is -2.17. The lowest BCUT2D eigenvalue weighted by atomic mass is 9.98. The summed E-state index contributed by atoms with van der Waals surface area (Å²) in [5.41, 5.74) is -3.19. The molecule has 0 saturated heterocycles. The molecule has 36 heavy (non-hydrogen) atoms. The van der Waals surface area contributed by atoms with Crippen LogP contribution in [0.5, 0.6) is 11.5 Å². The summed E-state index contributed by atoms with van der Waals surface area (Å²) in [6.07, 6.45) is -7.87. The van der Waals surface area contributed by atoms with Gasteiger partial charge in [-0.3, -0.25) is 14.9 Å². The van der Waals surface area contributed by atoms with Gasteiger partial charge in [0.25, 0.3) is 0 Å². The first kappa shape index (κ1) is 26.8. The van der Waals surface area contributed by atoms with E-state index in [1.54, 1.807) is 6.92 Å². The SMILES string of the molecule is CCOCC(=O)NCCOc1ccc(-c2cc(C(F)(F)F)n[nH]2)c(O)c1-c1cncc(C(F)(F)F)c1. The van der Waals surface area contributed by atoms with Crippen LogP contribution in [0.25, 0.3) is 22.4 Å². The molecule has 0 aliphatic heterocycles. The molecule has 1 amide bonds. The molecule has 0 bridgehead atoms. The number of phenolic OH excluding ortho intramolecular Hbond substituents is 1. The van der Waals surface area contributed by atoms with Crippen molar-refractivity contribution in [3.63, 3.8) is 0 Å². The highest BCUT2D eigenvalue weighted by Crippen LogP contribution is 2.45. The number of aromatic nitrogens is 3. The number of halogens is 6. The number of hydrogen-bond acceptors (Lipinski definition) is 6. The van der Waals surface area contributed by atoms with Gasteiger partial charge in [0.1, 0.15) is 24.7 Å². The number of aromatic hydroxyl groups is 1. The van der Waals surface area contributed by atoms with Gasteiger partial charge in [-0.25, -0.2) is 0 Å². The van der Waals surface area contributed by atoms with Crippen molar-refractivity contribution in [3.8, 4) is 33.9 Å². The van der Waals surface area contributed by atoms with Crippen molar-refractivity contribution in [1.29, 1.82) is 0 Å². The number of amides is 1. The molecule has 14 heteroatoms. The number of aromatic amines is 1. The molecule has 0 radical (unpaired) electrons. The van der Waals surface area contributed by atoms with Gasteiger partial charge in [0, 0.05) is 30.1 Å². The average molecular weight is 518 g/mol. The Morgan fingerprint density at radius 2 is 1.86 bits per heavy atom. The molecule has 2 aromatic heterocycles. The number of nitrogens with one attached hydrogen (secondary N) is 2. The van der Waals surface area contributed by atoms with Crippen molar-refractivity contribution < 1.29 is 45.7 Å². The van der Waals surface area contributed by atoms with Gasteiger partial charge in [0.15, 0.2) is 5.69 Å². The van der Waals surface area contributed by atoms with Crippen LogP contribution in [0.4, 0.5) is 26.3 Å². The Kier molecular flexibility index (Phi) is 8.07. The first-order valence-electron chi connectivity index (χ1n) is 10.4. The number of carbonyl (C=O) groups is 1. The first-order valence-corrected chi connectivity index (χ1v) is 10.4. The van der Waals surface area contributed by atoms with Crippen molar-refractivity contribution in [2.24, 2.45) is 0 Å². The van der Waals surface area contributed by atoms with Crippen LogP contribution >= 0.6 is 0 Å². The highest BCUT2D eigenvalue weighted by Gasteiger charge is 2.35. The standard InChI is InChI=1S/C22H20F6N4O4/c1-2-35-11-18(33)30-5-6-36-16-4-3-14(15-8-17(32-31-15)22(26,27)28)20(34)19(16)12-7-13(10-29-9-12)21(23,24)25/h3-4,7-10,34H,2,5-6,11H2,1H3,(H,30,33)(H,31,32). The number of rotatable bonds is 9. The largest absolute Gasteiger partial charge is 0.506 e. The summed E-state index contributed by atoms with van der Waals surface area (Å²) in [5, 5.41) is 18.8. The van der Waals surface area contributed by atoms with E-state index in [-0.39, 0.29) is 47.9 Å². The number of hydrogen-bond donors (Lipinski definition) is 3. The summed E-state index contributed by atoms with van der Waals surface area (Å²) < 4.78 is 89.2. The normalized spacial score (nSPS) is 12.0. The Labute approximate surface area is 200 Å². The van der Waals surface area contributed by atoms with Crippen LogP contribution in [0.2, 0.25) is 0 Å². The van der Waals surface area contributed by atoms with Gasteiger partial charge < -0.3 is 19.9 Å². The average Bonchev–Trinajstić information content (AvgIpc) is 3.31. The van der Waals surface area contributed by atoms with E-state index in [2.05, 4.69) is 20.5 Å². The van der Waals surface area contributed by atoms with Crippen LogP contribution in [0.15, 0.2) is 36.7 Å². The Morgan fingerprint density at radius 3 is 2.50 bits per heavy atom. The molecular weight excluding hydrogens is 498 g/mol. The van der Waals surface area contributed by atoms with E-state index in [4.69, 9.17) is 9.47 Å². The smallest absolute Gasteiger partial charge is 0.435 e. The maximum absolute atomic E-state index is 13.3. The summed E-state index contributed by atoms with van der Waals surface area (Å²) >= 11 is 0. The third kappa shape index (κ3) is 6.44. The van der Waals surface area contributed by atoms with Crippen molar-refractivity contribution in [2.45, 2.75) is 19.3 Å². The highest BCUT2D eigenvalue weighted by atomic mass is 19.4. The topological polar surface area (TPSA) is 109 Å². The van der Waals surface area contributed by atoms with Crippen LogP contribution < -0.4 is 10.1 Å². The van der Waals surface area contributed by atoms with Gasteiger partial charge >= 0.3 is 12.4 Å². The second kappa shape index (κ2) is 10.8. The number of carbonyl (C=O) groups excluding carboxylic acids is 1. The van der Waals surface area contributed by atoms with Crippen LogP contribution in [-0.4, -0.2) is 52.6 Å². The minimum atomic E-state index is -4.76. The molecular formula is C22H20F6N4O4. The Balaban J connectivity index is 1.97. The summed E-state index contributed by atoms with van der Waals surface area (Å²) in [7, 11) is 0. The Hall–Kier alpha value is -3.81. The molecule has 3 rings (SSSR count). The predicted molar refractivity (Wildman–Crippen MR) is 114 cm³/mol. The van der Waals surface area contributed by atoms with Crippen LogP contribution in [0, 0.1) is 0 Å². The van der Waals surface area contributed by atoms with Crippen molar-refractivity contribution >= 4 is 5.91 Å². The van der Waals surface area contributed by atoms with E-state index in [1.807, 2.05) is 0 Å². The molecule has 0 aliphatic rings. The van der Waals surface area contributed by atoms with Crippen molar-refractivity contribution in [3.05, 3.63) is 47.9 Å². The molecule has 1 aromatic carbocycles. The number of pyridine rings is 1. The molecule has 3 N–H and O–H groups in total. The van der Waals surface area contributed by atoms with E-state index in [0.29, 0.717) is 18.9 Å². The number of nitrogens with zero attached hydrogens (tertiary/aromatic N) is 2. The number of benzene rings is 1. The van der Waals surface area contributed by atoms with Gasteiger partial charge in [-0.15, -0.1) is 0 Å². The van der Waals surface area contributed by atoms with Gasteiger partial charge in [0.05, 0.1) is 23.4 Å². The lowest BCUT2D eigenvalue weighted by molar-refractivity contribution is -0.141. The summed E-state index contributed by atoms with van der Waals surface area (Å²) in [4.78, 5) is 15.2. The number of ether oxygens (including phenoxy) is 2. The first-order chi connectivity index (χ1) is 16.9. The zero-order valence-corrected chi connectivity index (χ0v) is 18.6. The van der Waals surface area contributed by atoms with Gasteiger partial charge in [-0.2, -0.15) is 31.4 Å². The molecule has 0 spiro atoms. The van der Waals surface area contributed by atoms with Crippen molar-refractivity contribution in [1.82, 2.24) is 20.5 Å². The third-order valence-electron chi connectivity index (χ3n) is 4.77. The molecule has 0 atom stereocenters. The summed E-state index contributed by atoms with van der Waals surface area (Å²) in [6.45, 7) is 1.74. The van der Waals surface area contributed by atoms with E-state index in [1.165, 1.54) is 12.1 Å². The van der Waals surface area contributed by atoms with Gasteiger partial charge in [-0.1, -0.05) is 0 Å². The minimum Gasteiger partial charge on any atom is -0.506 e. The number of phenols is 1.